The molecular weight excluding hydrogens is 253 g/mol. The first-order valence-electron chi connectivity index (χ1n) is 2.35. The predicted molar refractivity (Wildman–Crippen MR) is 41.0 cm³/mol. The number of rotatable bonds is 3. The molecule has 0 saturated carbocycles. The van der Waals surface area contributed by atoms with Gasteiger partial charge >= 0.3 is 12.1 Å². The van der Waals surface area contributed by atoms with Gasteiger partial charge in [-0.25, -0.2) is 4.79 Å². The number of carbonyl (C=O) groups excluding carboxylic acids is 1. The van der Waals surface area contributed by atoms with Crippen molar-refractivity contribution < 1.29 is 19.4 Å². The molecule has 0 fully saturated rings. The molecule has 5 nitrogen and oxygen atoms in total. The van der Waals surface area contributed by atoms with Crippen LogP contribution in [-0.2, 0) is 9.53 Å². The second-order valence-corrected chi connectivity index (χ2v) is 1.91. The van der Waals surface area contributed by atoms with Crippen molar-refractivity contribution in [1.82, 2.24) is 5.32 Å². The van der Waals surface area contributed by atoms with Crippen LogP contribution in [0.5, 0.6) is 0 Å². The Bertz CT molecular complexity index is 137. The highest BCUT2D eigenvalue weighted by Gasteiger charge is 2.01. The van der Waals surface area contributed by atoms with Gasteiger partial charge in [-0.2, -0.15) is 0 Å². The molecule has 0 aromatic carbocycles. The number of hydrogen-bond acceptors (Lipinski definition) is 3. The topological polar surface area (TPSA) is 75.6 Å². The van der Waals surface area contributed by atoms with Crippen LogP contribution in [0, 0.1) is 0 Å². The van der Waals surface area contributed by atoms with Gasteiger partial charge in [0.25, 0.3) is 0 Å². The van der Waals surface area contributed by atoms with Crippen LogP contribution in [0.3, 0.4) is 0 Å². The second-order valence-electron chi connectivity index (χ2n) is 1.29. The number of carbonyl (C=O) groups is 2. The average Bonchev–Trinajstić information content (AvgIpc) is 1.85. The highest BCUT2D eigenvalue weighted by molar-refractivity contribution is 14.1. The summed E-state index contributed by atoms with van der Waals surface area (Å²) in [5.74, 6) is -1.09. The van der Waals surface area contributed by atoms with Crippen LogP contribution in [-0.4, -0.2) is 28.3 Å². The number of ether oxygens (including phenoxy) is 1. The van der Waals surface area contributed by atoms with Crippen LogP contribution in [0.4, 0.5) is 4.79 Å². The van der Waals surface area contributed by atoms with Crippen molar-refractivity contribution >= 4 is 34.7 Å². The van der Waals surface area contributed by atoms with E-state index < -0.39 is 18.6 Å². The lowest BCUT2D eigenvalue weighted by atomic mass is 10.7. The molecule has 0 spiro atoms. The average molecular weight is 259 g/mol. The fourth-order valence-corrected chi connectivity index (χ4v) is 0.531. The molecular formula is C4H6INO4. The van der Waals surface area contributed by atoms with Gasteiger partial charge in [0, 0.05) is 0 Å². The Morgan fingerprint density at radius 2 is 2.20 bits per heavy atom. The first-order chi connectivity index (χ1) is 4.66. The number of aliphatic carboxylic acids is 1. The Morgan fingerprint density at radius 3 is 2.60 bits per heavy atom. The van der Waals surface area contributed by atoms with E-state index in [0.29, 0.717) is 0 Å². The Balaban J connectivity index is 3.30. The molecule has 0 aromatic rings. The van der Waals surface area contributed by atoms with E-state index in [0.717, 1.165) is 0 Å². The maximum Gasteiger partial charge on any atom is 0.408 e. The van der Waals surface area contributed by atoms with E-state index in [1.54, 1.807) is 0 Å². The van der Waals surface area contributed by atoms with Crippen molar-refractivity contribution in [3.63, 3.8) is 0 Å². The normalized spacial score (nSPS) is 8.50. The van der Waals surface area contributed by atoms with E-state index in [1.165, 1.54) is 0 Å². The summed E-state index contributed by atoms with van der Waals surface area (Å²) < 4.78 is 4.58. The van der Waals surface area contributed by atoms with E-state index in [4.69, 9.17) is 5.11 Å². The van der Waals surface area contributed by atoms with Gasteiger partial charge < -0.3 is 15.2 Å². The molecule has 0 unspecified atom stereocenters. The predicted octanol–water partition coefficient (Wildman–Crippen LogP) is 0.190. The highest BCUT2D eigenvalue weighted by Crippen LogP contribution is 1.83. The van der Waals surface area contributed by atoms with E-state index >= 15 is 0 Å². The first kappa shape index (κ1) is 9.47. The van der Waals surface area contributed by atoms with Crippen LogP contribution in [0.15, 0.2) is 0 Å². The number of alkyl halides is 1. The fourth-order valence-electron chi connectivity index (χ4n) is 0.248. The second kappa shape index (κ2) is 5.27. The van der Waals surface area contributed by atoms with Crippen molar-refractivity contribution in [2.45, 2.75) is 0 Å². The monoisotopic (exact) mass is 259 g/mol. The van der Waals surface area contributed by atoms with Gasteiger partial charge in [-0.1, -0.05) is 0 Å². The maximum atomic E-state index is 10.3. The van der Waals surface area contributed by atoms with Crippen molar-refractivity contribution in [2.75, 3.05) is 11.2 Å². The smallest absolute Gasteiger partial charge is 0.408 e. The summed E-state index contributed by atoms with van der Waals surface area (Å²) in [6.07, 6.45) is -0.711. The Morgan fingerprint density at radius 1 is 1.60 bits per heavy atom. The number of carboxylic acid groups (broad SMARTS) is 1. The molecule has 0 saturated heterocycles. The molecule has 0 aliphatic heterocycles. The minimum Gasteiger partial charge on any atom is -0.480 e. The van der Waals surface area contributed by atoms with Crippen LogP contribution in [0.25, 0.3) is 0 Å². The molecule has 0 aliphatic rings. The summed E-state index contributed by atoms with van der Waals surface area (Å²) in [6.45, 7) is -0.407. The third-order valence-electron chi connectivity index (χ3n) is 0.570. The molecule has 10 heavy (non-hydrogen) atoms. The van der Waals surface area contributed by atoms with Crippen LogP contribution >= 0.6 is 22.6 Å². The van der Waals surface area contributed by atoms with E-state index in [-0.39, 0.29) is 4.61 Å². The number of halogens is 1. The molecule has 0 rings (SSSR count). The third kappa shape index (κ3) is 5.60. The van der Waals surface area contributed by atoms with E-state index in [1.807, 2.05) is 27.9 Å². The quantitative estimate of drug-likeness (QED) is 0.560. The fraction of sp³-hybridized carbons (Fsp3) is 0.500. The summed E-state index contributed by atoms with van der Waals surface area (Å²) in [6, 6.07) is 0. The van der Waals surface area contributed by atoms with Crippen molar-refractivity contribution in [2.24, 2.45) is 0 Å². The maximum absolute atomic E-state index is 10.3. The first-order valence-corrected chi connectivity index (χ1v) is 3.87. The van der Waals surface area contributed by atoms with Gasteiger partial charge in [0.2, 0.25) is 0 Å². The van der Waals surface area contributed by atoms with Gasteiger partial charge in [-0.15, -0.1) is 0 Å². The number of nitrogens with one attached hydrogen (secondary N) is 1. The van der Waals surface area contributed by atoms with Gasteiger partial charge in [-0.05, 0) is 22.6 Å². The SMILES string of the molecule is O=C(O)CNC(=O)OCI. The van der Waals surface area contributed by atoms with Gasteiger partial charge in [-0.3, -0.25) is 4.79 Å². The number of amides is 1. The highest BCUT2D eigenvalue weighted by atomic mass is 127. The summed E-state index contributed by atoms with van der Waals surface area (Å²) in [5, 5.41) is 10.1. The number of carboxylic acids is 1. The molecule has 0 aromatic heterocycles. The van der Waals surface area contributed by atoms with Crippen LogP contribution < -0.4 is 5.32 Å². The van der Waals surface area contributed by atoms with Crippen LogP contribution in [0.2, 0.25) is 0 Å². The molecule has 6 heteroatoms. The Hall–Kier alpha value is -0.530. The molecule has 2 N–H and O–H groups in total. The van der Waals surface area contributed by atoms with E-state index in [2.05, 4.69) is 4.74 Å². The largest absolute Gasteiger partial charge is 0.480 e. The zero-order chi connectivity index (χ0) is 7.98. The lowest BCUT2D eigenvalue weighted by molar-refractivity contribution is -0.135. The summed E-state index contributed by atoms with van der Waals surface area (Å²) in [7, 11) is 0. The minimum absolute atomic E-state index is 0.212. The van der Waals surface area contributed by atoms with Gasteiger partial charge in [0.15, 0.2) is 0 Å². The summed E-state index contributed by atoms with van der Waals surface area (Å²) in [5.41, 5.74) is 0. The lowest BCUT2D eigenvalue weighted by Crippen LogP contribution is -2.29. The van der Waals surface area contributed by atoms with Crippen molar-refractivity contribution in [1.29, 1.82) is 0 Å². The zero-order valence-corrected chi connectivity index (χ0v) is 7.12. The number of hydrogen-bond donors (Lipinski definition) is 2. The molecule has 0 heterocycles. The van der Waals surface area contributed by atoms with E-state index in [9.17, 15) is 9.59 Å². The molecule has 1 amide bonds. The Kier molecular flexibility index (Phi) is 4.99. The Labute approximate surface area is 70.9 Å². The van der Waals surface area contributed by atoms with Gasteiger partial charge in [0.05, 0.1) is 0 Å². The molecule has 0 radical (unpaired) electrons. The minimum atomic E-state index is -1.09. The van der Waals surface area contributed by atoms with Crippen molar-refractivity contribution in [3.05, 3.63) is 0 Å². The third-order valence-corrected chi connectivity index (χ3v) is 0.881. The van der Waals surface area contributed by atoms with Gasteiger partial charge in [0.1, 0.15) is 11.2 Å². The van der Waals surface area contributed by atoms with Crippen molar-refractivity contribution in [3.8, 4) is 0 Å². The molecule has 58 valence electrons. The summed E-state index contributed by atoms with van der Waals surface area (Å²) >= 11 is 1.83. The summed E-state index contributed by atoms with van der Waals surface area (Å²) in [4.78, 5) is 20.2. The number of alkyl carbamates (subject to hydrolysis) is 1. The van der Waals surface area contributed by atoms with Crippen LogP contribution in [0.1, 0.15) is 0 Å². The molecule has 0 aliphatic carbocycles. The zero-order valence-electron chi connectivity index (χ0n) is 4.96. The molecule has 0 bridgehead atoms. The lowest BCUT2D eigenvalue weighted by Gasteiger charge is -1.99. The molecule has 0 atom stereocenters. The standard InChI is InChI=1S/C4H6INO4/c5-2-10-4(9)6-1-3(7)8/h1-2H2,(H,6,9)(H,7,8).